The molecule has 8 rings (SSSR count). The summed E-state index contributed by atoms with van der Waals surface area (Å²) in [5.74, 6) is 0.947. The lowest BCUT2D eigenvalue weighted by Gasteiger charge is -2.37. The number of pyridine rings is 1. The maximum atomic E-state index is 12.2. The van der Waals surface area contributed by atoms with E-state index in [1.54, 1.807) is 4.90 Å². The third-order valence-corrected chi connectivity index (χ3v) is 10.9. The first-order valence-electron chi connectivity index (χ1n) is 18.9. The SMILES string of the molecule is Cc1cc(-c2cc(Nc3ccc(N4CCN(C[C@@H]5CCN(c6ccc(N7CCC(=O)NC7=O)cc6)C5)CC4)cn3)ncn2)ccc1[C@@H](C)c1noc(C(N)=O)n1. The maximum Gasteiger partial charge on any atom is 0.328 e. The van der Waals surface area contributed by atoms with Crippen LogP contribution in [-0.2, 0) is 4.79 Å². The summed E-state index contributed by atoms with van der Waals surface area (Å²) in [5.41, 5.74) is 12.0. The molecule has 0 aliphatic carbocycles. The summed E-state index contributed by atoms with van der Waals surface area (Å²) in [6, 6.07) is 19.8. The van der Waals surface area contributed by atoms with Gasteiger partial charge in [0, 0.05) is 87.7 Å². The summed E-state index contributed by atoms with van der Waals surface area (Å²) < 4.78 is 4.97. The van der Waals surface area contributed by atoms with Crippen LogP contribution in [0.25, 0.3) is 11.3 Å². The van der Waals surface area contributed by atoms with Crippen LogP contribution in [0.15, 0.2) is 77.7 Å². The molecule has 4 N–H and O–H groups in total. The Balaban J connectivity index is 0.807. The highest BCUT2D eigenvalue weighted by molar-refractivity contribution is 6.05. The third-order valence-electron chi connectivity index (χ3n) is 10.9. The molecule has 4 amide bonds. The van der Waals surface area contributed by atoms with Crippen LogP contribution in [0, 0.1) is 12.8 Å². The van der Waals surface area contributed by atoms with Crippen molar-refractivity contribution in [3.05, 3.63) is 96.0 Å². The fraction of sp³-hybridized carbons (Fsp3) is 0.350. The Morgan fingerprint density at radius 2 is 1.70 bits per heavy atom. The van der Waals surface area contributed by atoms with E-state index in [4.69, 9.17) is 15.2 Å². The normalized spacial score (nSPS) is 18.2. The number of aromatic nitrogens is 5. The van der Waals surface area contributed by atoms with Gasteiger partial charge in [-0.15, -0.1) is 0 Å². The van der Waals surface area contributed by atoms with E-state index < -0.39 is 5.91 Å². The number of aryl methyl sites for hydroxylation is 1. The largest absolute Gasteiger partial charge is 0.371 e. The van der Waals surface area contributed by atoms with Crippen LogP contribution in [0.4, 0.5) is 33.5 Å². The summed E-state index contributed by atoms with van der Waals surface area (Å²) in [5, 5.41) is 9.63. The van der Waals surface area contributed by atoms with E-state index in [9.17, 15) is 14.4 Å². The molecule has 0 radical (unpaired) electrons. The lowest BCUT2D eigenvalue weighted by Crippen LogP contribution is -2.49. The average Bonchev–Trinajstić information content (AvgIpc) is 3.90. The summed E-state index contributed by atoms with van der Waals surface area (Å²) in [4.78, 5) is 61.9. The Morgan fingerprint density at radius 1 is 0.911 bits per heavy atom. The Labute approximate surface area is 324 Å². The molecule has 2 aromatic carbocycles. The van der Waals surface area contributed by atoms with Crippen LogP contribution in [0.3, 0.4) is 0 Å². The Morgan fingerprint density at radius 3 is 2.41 bits per heavy atom. The van der Waals surface area contributed by atoms with Gasteiger partial charge in [0.15, 0.2) is 5.82 Å². The van der Waals surface area contributed by atoms with Crippen LogP contribution >= 0.6 is 0 Å². The van der Waals surface area contributed by atoms with Crippen LogP contribution in [0.5, 0.6) is 0 Å². The van der Waals surface area contributed by atoms with Gasteiger partial charge in [-0.1, -0.05) is 24.2 Å². The highest BCUT2D eigenvalue weighted by atomic mass is 16.5. The van der Waals surface area contributed by atoms with Crippen LogP contribution in [-0.4, -0.2) is 100 Å². The number of amides is 4. The van der Waals surface area contributed by atoms with E-state index in [-0.39, 0.29) is 23.7 Å². The molecule has 0 spiro atoms. The van der Waals surface area contributed by atoms with E-state index >= 15 is 0 Å². The number of hydrogen-bond donors (Lipinski definition) is 3. The second kappa shape index (κ2) is 15.7. The maximum absolute atomic E-state index is 12.2. The number of nitrogens with one attached hydrogen (secondary N) is 2. The first-order chi connectivity index (χ1) is 27.2. The van der Waals surface area contributed by atoms with Gasteiger partial charge in [0.25, 0.3) is 0 Å². The number of urea groups is 1. The van der Waals surface area contributed by atoms with Crippen molar-refractivity contribution in [1.82, 2.24) is 35.3 Å². The standard InChI is InChI=1S/C40H44N12O4/c1-25-19-28(3-9-32(25)26(2)38-47-39(37(41)54)56-48-38)33-20-35(44-24-43-33)45-34-10-8-31(21-42-34)50-17-15-49(16-18-50)22-27-11-13-51(23-27)29-4-6-30(7-5-29)52-14-12-36(53)46-40(52)55/h3-10,19-21,24,26-27H,11-18,22-23H2,1-2H3,(H2,41,54)(H,46,53,55)(H,42,43,44,45)/t26-,27+/m1/s1. The van der Waals surface area contributed by atoms with Crippen molar-refractivity contribution in [3.8, 4) is 11.3 Å². The molecule has 3 saturated heterocycles. The highest BCUT2D eigenvalue weighted by Crippen LogP contribution is 2.31. The van der Waals surface area contributed by atoms with Crippen LogP contribution in [0.1, 0.15) is 53.3 Å². The van der Waals surface area contributed by atoms with Gasteiger partial charge >= 0.3 is 17.8 Å². The molecule has 56 heavy (non-hydrogen) atoms. The molecule has 3 aromatic heterocycles. The van der Waals surface area contributed by atoms with Gasteiger partial charge in [0.1, 0.15) is 18.0 Å². The number of nitrogens with zero attached hydrogens (tertiary/aromatic N) is 9. The molecule has 0 unspecified atom stereocenters. The van der Waals surface area contributed by atoms with E-state index in [1.807, 2.05) is 56.4 Å². The van der Waals surface area contributed by atoms with Gasteiger partial charge in [0.2, 0.25) is 5.91 Å². The van der Waals surface area contributed by atoms with Gasteiger partial charge in [-0.2, -0.15) is 4.98 Å². The Hall–Kier alpha value is -6.42. The van der Waals surface area contributed by atoms with Crippen LogP contribution in [0.2, 0.25) is 0 Å². The lowest BCUT2D eigenvalue weighted by atomic mass is 9.93. The molecule has 288 valence electrons. The van der Waals surface area contributed by atoms with Crippen molar-refractivity contribution in [3.63, 3.8) is 0 Å². The minimum Gasteiger partial charge on any atom is -0.371 e. The number of carbonyl (C=O) groups excluding carboxylic acids is 3. The average molecular weight is 757 g/mol. The summed E-state index contributed by atoms with van der Waals surface area (Å²) in [7, 11) is 0. The smallest absolute Gasteiger partial charge is 0.328 e. The van der Waals surface area contributed by atoms with Gasteiger partial charge in [0.05, 0.1) is 17.6 Å². The zero-order valence-corrected chi connectivity index (χ0v) is 31.4. The molecular weight excluding hydrogens is 713 g/mol. The van der Waals surface area contributed by atoms with E-state index in [0.717, 1.165) is 91.7 Å². The van der Waals surface area contributed by atoms with Crippen LogP contribution < -0.4 is 31.1 Å². The first-order valence-corrected chi connectivity index (χ1v) is 18.9. The minimum absolute atomic E-state index is 0.197. The molecular formula is C40H44N12O4. The molecule has 3 aliphatic heterocycles. The monoisotopic (exact) mass is 756 g/mol. The number of hydrogen-bond acceptors (Lipinski definition) is 13. The fourth-order valence-corrected chi connectivity index (χ4v) is 7.76. The number of nitrogens with two attached hydrogens (primary N) is 1. The van der Waals surface area contributed by atoms with Gasteiger partial charge in [-0.3, -0.25) is 24.7 Å². The van der Waals surface area contributed by atoms with Crippen molar-refractivity contribution in [1.29, 1.82) is 0 Å². The van der Waals surface area contributed by atoms with Crippen molar-refractivity contribution < 1.29 is 18.9 Å². The summed E-state index contributed by atoms with van der Waals surface area (Å²) >= 11 is 0. The predicted molar refractivity (Wildman–Crippen MR) is 211 cm³/mol. The lowest BCUT2D eigenvalue weighted by molar-refractivity contribution is -0.120. The predicted octanol–water partition coefficient (Wildman–Crippen LogP) is 4.32. The number of primary amides is 1. The molecule has 3 aliphatic rings. The Kier molecular flexibility index (Phi) is 10.3. The number of rotatable bonds is 11. The minimum atomic E-state index is -0.754. The number of carbonyl (C=O) groups is 3. The summed E-state index contributed by atoms with van der Waals surface area (Å²) in [6.07, 6.45) is 4.92. The Bertz CT molecular complexity index is 2220. The van der Waals surface area contributed by atoms with Gasteiger partial charge < -0.3 is 25.4 Å². The highest BCUT2D eigenvalue weighted by Gasteiger charge is 2.28. The molecule has 5 aromatic rings. The topological polar surface area (TPSA) is 192 Å². The zero-order chi connectivity index (χ0) is 38.8. The van der Waals surface area contributed by atoms with Gasteiger partial charge in [-0.05, 0) is 72.9 Å². The van der Waals surface area contributed by atoms with E-state index in [0.29, 0.717) is 36.3 Å². The fourth-order valence-electron chi connectivity index (χ4n) is 7.76. The number of imide groups is 1. The van der Waals surface area contributed by atoms with Crippen molar-refractivity contribution in [2.75, 3.05) is 72.4 Å². The van der Waals surface area contributed by atoms with Crippen molar-refractivity contribution >= 4 is 46.5 Å². The molecule has 2 atom stereocenters. The number of piperazine rings is 1. The van der Waals surface area contributed by atoms with E-state index in [1.165, 1.54) is 6.33 Å². The zero-order valence-electron chi connectivity index (χ0n) is 31.4. The van der Waals surface area contributed by atoms with Crippen molar-refractivity contribution in [2.45, 2.75) is 32.6 Å². The second-order valence-electron chi connectivity index (χ2n) is 14.6. The summed E-state index contributed by atoms with van der Waals surface area (Å²) in [6.45, 7) is 11.4. The van der Waals surface area contributed by atoms with Gasteiger partial charge in [-0.25, -0.2) is 19.7 Å². The molecule has 16 heteroatoms. The third kappa shape index (κ3) is 8.00. The molecule has 0 saturated carbocycles. The quantitative estimate of drug-likeness (QED) is 0.173. The second-order valence-corrected chi connectivity index (χ2v) is 14.6. The number of anilines is 5. The molecule has 3 fully saturated rings. The number of benzene rings is 2. The van der Waals surface area contributed by atoms with E-state index in [2.05, 4.69) is 69.7 Å². The van der Waals surface area contributed by atoms with Crippen molar-refractivity contribution in [2.24, 2.45) is 11.7 Å². The molecule has 16 nitrogen and oxygen atoms in total. The molecule has 0 bridgehead atoms. The first kappa shape index (κ1) is 36.6. The molecule has 6 heterocycles.